The molecule has 0 saturated carbocycles. The van der Waals surface area contributed by atoms with Crippen molar-refractivity contribution in [3.8, 4) is 0 Å². The maximum atomic E-state index is 13.5. The van der Waals surface area contributed by atoms with Crippen molar-refractivity contribution in [3.63, 3.8) is 0 Å². The molecule has 164 valence electrons. The zero-order chi connectivity index (χ0) is 21.1. The van der Waals surface area contributed by atoms with Crippen molar-refractivity contribution in [2.45, 2.75) is 64.1 Å². The van der Waals surface area contributed by atoms with Crippen LogP contribution < -0.4 is 0 Å². The van der Waals surface area contributed by atoms with Crippen LogP contribution in [0.3, 0.4) is 0 Å². The van der Waals surface area contributed by atoms with E-state index in [4.69, 9.17) is 4.74 Å². The van der Waals surface area contributed by atoms with Crippen molar-refractivity contribution >= 4 is 11.9 Å². The minimum Gasteiger partial charge on any atom is -0.379 e. The first-order valence-electron chi connectivity index (χ1n) is 11.4. The number of likely N-dealkylation sites (tertiary alicyclic amines) is 1. The van der Waals surface area contributed by atoms with E-state index in [0.717, 1.165) is 50.8 Å². The van der Waals surface area contributed by atoms with E-state index in [9.17, 15) is 9.59 Å². The molecule has 3 fully saturated rings. The zero-order valence-electron chi connectivity index (χ0n) is 18.3. The van der Waals surface area contributed by atoms with Crippen LogP contribution in [0.2, 0.25) is 0 Å². The maximum Gasteiger partial charge on any atom is 0.321 e. The second kappa shape index (κ2) is 8.92. The number of piperidine rings is 1. The summed E-state index contributed by atoms with van der Waals surface area (Å²) in [6.45, 7) is 8.24. The molecular formula is C23H34N4O3. The molecule has 1 aromatic heterocycles. The smallest absolute Gasteiger partial charge is 0.321 e. The molecule has 0 bridgehead atoms. The largest absolute Gasteiger partial charge is 0.379 e. The highest BCUT2D eigenvalue weighted by Gasteiger charge is 2.54. The molecule has 7 heteroatoms. The zero-order valence-corrected chi connectivity index (χ0v) is 18.3. The lowest BCUT2D eigenvalue weighted by atomic mass is 9.92. The van der Waals surface area contributed by atoms with Crippen LogP contribution >= 0.6 is 0 Å². The summed E-state index contributed by atoms with van der Waals surface area (Å²) in [4.78, 5) is 36.5. The average Bonchev–Trinajstić information content (AvgIpc) is 3.34. The number of urea groups is 1. The number of hydrogen-bond donors (Lipinski definition) is 0. The van der Waals surface area contributed by atoms with Crippen LogP contribution in [0.5, 0.6) is 0 Å². The quantitative estimate of drug-likeness (QED) is 0.718. The molecular weight excluding hydrogens is 380 g/mol. The molecule has 3 aliphatic heterocycles. The third kappa shape index (κ3) is 3.92. The Morgan fingerprint density at radius 2 is 2.07 bits per heavy atom. The van der Waals surface area contributed by atoms with Gasteiger partial charge in [0.1, 0.15) is 0 Å². The molecule has 4 rings (SSSR count). The minimum atomic E-state index is -0.231. The van der Waals surface area contributed by atoms with Crippen molar-refractivity contribution in [3.05, 3.63) is 30.1 Å². The van der Waals surface area contributed by atoms with Gasteiger partial charge in [-0.05, 0) is 43.7 Å². The van der Waals surface area contributed by atoms with E-state index in [0.29, 0.717) is 26.3 Å². The lowest BCUT2D eigenvalue weighted by molar-refractivity contribution is -0.137. The number of rotatable bonds is 6. The highest BCUT2D eigenvalue weighted by Crippen LogP contribution is 2.39. The van der Waals surface area contributed by atoms with Gasteiger partial charge in [0.05, 0.1) is 12.1 Å². The molecule has 1 spiro atoms. The summed E-state index contributed by atoms with van der Waals surface area (Å²) in [6.07, 6.45) is 7.95. The molecule has 30 heavy (non-hydrogen) atoms. The lowest BCUT2D eigenvalue weighted by Gasteiger charge is -2.43. The second-order valence-corrected chi connectivity index (χ2v) is 8.97. The van der Waals surface area contributed by atoms with Gasteiger partial charge in [0.15, 0.2) is 0 Å². The lowest BCUT2D eigenvalue weighted by Crippen LogP contribution is -2.56. The van der Waals surface area contributed by atoms with Gasteiger partial charge in [0.2, 0.25) is 5.91 Å². The number of hydrogen-bond acceptors (Lipinski definition) is 4. The van der Waals surface area contributed by atoms with Gasteiger partial charge in [-0.3, -0.25) is 9.78 Å². The molecule has 0 aromatic carbocycles. The number of nitrogens with zero attached hydrogens (tertiary/aromatic N) is 4. The van der Waals surface area contributed by atoms with Crippen LogP contribution in [0.1, 0.15) is 51.5 Å². The van der Waals surface area contributed by atoms with Gasteiger partial charge in [-0.2, -0.15) is 0 Å². The Hall–Kier alpha value is -2.15. The monoisotopic (exact) mass is 414 g/mol. The van der Waals surface area contributed by atoms with Crippen molar-refractivity contribution in [2.24, 2.45) is 5.92 Å². The van der Waals surface area contributed by atoms with E-state index < -0.39 is 0 Å². The molecule has 0 N–H and O–H groups in total. The van der Waals surface area contributed by atoms with Crippen LogP contribution in [0, 0.1) is 5.92 Å². The minimum absolute atomic E-state index is 0.106. The second-order valence-electron chi connectivity index (χ2n) is 8.97. The van der Waals surface area contributed by atoms with Crippen LogP contribution in [0.15, 0.2) is 24.5 Å². The Balaban J connectivity index is 1.46. The Kier molecular flexibility index (Phi) is 6.27. The number of carbonyl (C=O) groups excluding carboxylic acids is 2. The highest BCUT2D eigenvalue weighted by molar-refractivity contribution is 5.80. The van der Waals surface area contributed by atoms with Crippen LogP contribution in [0.25, 0.3) is 0 Å². The van der Waals surface area contributed by atoms with Crippen LogP contribution in [0.4, 0.5) is 4.79 Å². The molecule has 0 aliphatic carbocycles. The van der Waals surface area contributed by atoms with E-state index in [-0.39, 0.29) is 29.4 Å². The fourth-order valence-electron chi connectivity index (χ4n) is 5.39. The van der Waals surface area contributed by atoms with E-state index in [1.54, 1.807) is 6.20 Å². The molecule has 1 aromatic rings. The predicted octanol–water partition coefficient (Wildman–Crippen LogP) is 2.91. The van der Waals surface area contributed by atoms with Crippen molar-refractivity contribution in [1.82, 2.24) is 19.7 Å². The maximum absolute atomic E-state index is 13.5. The Morgan fingerprint density at radius 3 is 2.67 bits per heavy atom. The molecule has 0 radical (unpaired) electrons. The highest BCUT2D eigenvalue weighted by atomic mass is 16.5. The van der Waals surface area contributed by atoms with E-state index in [1.165, 1.54) is 0 Å². The fraction of sp³-hybridized carbons (Fsp3) is 0.696. The van der Waals surface area contributed by atoms with E-state index in [1.807, 2.05) is 28.1 Å². The van der Waals surface area contributed by atoms with Crippen LogP contribution in [-0.2, 0) is 16.1 Å². The van der Waals surface area contributed by atoms with Crippen LogP contribution in [-0.4, -0.2) is 76.1 Å². The SMILES string of the molecule is CCC(CC)C(=O)N1CCC(N2C(=O)N(Cc3cccnc3)CC23CCOC3)CC1. The first kappa shape index (κ1) is 21.1. The number of carbonyl (C=O) groups is 2. The first-order valence-corrected chi connectivity index (χ1v) is 11.4. The van der Waals surface area contributed by atoms with Crippen molar-refractivity contribution in [1.29, 1.82) is 0 Å². The molecule has 4 heterocycles. The summed E-state index contributed by atoms with van der Waals surface area (Å²) in [5.74, 6) is 0.405. The Labute approximate surface area is 179 Å². The number of ether oxygens (including phenoxy) is 1. The third-order valence-electron chi connectivity index (χ3n) is 7.13. The third-order valence-corrected chi connectivity index (χ3v) is 7.13. The predicted molar refractivity (Wildman–Crippen MR) is 114 cm³/mol. The summed E-state index contributed by atoms with van der Waals surface area (Å²) in [5.41, 5.74) is 0.818. The van der Waals surface area contributed by atoms with Gasteiger partial charge in [0.25, 0.3) is 0 Å². The Morgan fingerprint density at radius 1 is 1.30 bits per heavy atom. The summed E-state index contributed by atoms with van der Waals surface area (Å²) in [7, 11) is 0. The normalized spacial score (nSPS) is 25.2. The molecule has 1 unspecified atom stereocenters. The topological polar surface area (TPSA) is 66.0 Å². The average molecular weight is 415 g/mol. The van der Waals surface area contributed by atoms with Gasteiger partial charge in [0, 0.05) is 57.1 Å². The Bertz CT molecular complexity index is 738. The standard InChI is InChI=1S/C23H34N4O3/c1-3-19(4-2)21(28)25-11-7-20(8-12-25)27-22(29)26(15-18-6-5-10-24-14-18)16-23(27)9-13-30-17-23/h5-6,10,14,19-20H,3-4,7-9,11-13,15-17H2,1-2H3. The fourth-order valence-corrected chi connectivity index (χ4v) is 5.39. The molecule has 3 amide bonds. The van der Waals surface area contributed by atoms with Gasteiger partial charge < -0.3 is 19.4 Å². The van der Waals surface area contributed by atoms with E-state index >= 15 is 0 Å². The molecule has 3 saturated heterocycles. The van der Waals surface area contributed by atoms with Crippen molar-refractivity contribution in [2.75, 3.05) is 32.8 Å². The summed E-state index contributed by atoms with van der Waals surface area (Å²) in [6, 6.07) is 4.20. The van der Waals surface area contributed by atoms with Gasteiger partial charge in [-0.25, -0.2) is 4.79 Å². The molecule has 3 aliphatic rings. The van der Waals surface area contributed by atoms with Gasteiger partial charge in [-0.1, -0.05) is 19.9 Å². The number of amides is 3. The van der Waals surface area contributed by atoms with Gasteiger partial charge >= 0.3 is 6.03 Å². The van der Waals surface area contributed by atoms with E-state index in [2.05, 4.69) is 23.7 Å². The summed E-state index contributed by atoms with van der Waals surface area (Å²) in [5, 5.41) is 0. The number of pyridine rings is 1. The summed E-state index contributed by atoms with van der Waals surface area (Å²) < 4.78 is 5.77. The van der Waals surface area contributed by atoms with Crippen molar-refractivity contribution < 1.29 is 14.3 Å². The number of aromatic nitrogens is 1. The van der Waals surface area contributed by atoms with Gasteiger partial charge in [-0.15, -0.1) is 0 Å². The summed E-state index contributed by atoms with van der Waals surface area (Å²) >= 11 is 0. The first-order chi connectivity index (χ1) is 14.6. The molecule has 7 nitrogen and oxygen atoms in total. The molecule has 1 atom stereocenters.